The van der Waals surface area contributed by atoms with E-state index in [0.717, 1.165) is 11.3 Å². The summed E-state index contributed by atoms with van der Waals surface area (Å²) in [4.78, 5) is 57.7. The molecule has 0 bridgehead atoms. The predicted molar refractivity (Wildman–Crippen MR) is 176 cm³/mol. The Bertz CT molecular complexity index is 1630. The maximum atomic E-state index is 14.4. The predicted octanol–water partition coefficient (Wildman–Crippen LogP) is 5.36. The number of esters is 2. The van der Waals surface area contributed by atoms with Crippen LogP contribution in [0.5, 0.6) is 11.5 Å². The van der Waals surface area contributed by atoms with Crippen LogP contribution < -0.4 is 19.7 Å². The number of anilines is 2. The Morgan fingerprint density at radius 2 is 1.87 bits per heavy atom. The van der Waals surface area contributed by atoms with Crippen LogP contribution in [0.15, 0.2) is 42.6 Å². The number of fused-ring (bicyclic) bond motifs is 1. The lowest BCUT2D eigenvalue weighted by molar-refractivity contribution is -0.144. The molecule has 1 aromatic heterocycles. The van der Waals surface area contributed by atoms with Gasteiger partial charge in [0.05, 0.1) is 40.3 Å². The molecule has 4 rings (SSSR count). The minimum Gasteiger partial charge on any atom is -0.493 e. The molecule has 0 aliphatic carbocycles. The summed E-state index contributed by atoms with van der Waals surface area (Å²) in [6, 6.07) is 10.4. The van der Waals surface area contributed by atoms with Crippen molar-refractivity contribution in [2.45, 2.75) is 52.7 Å². The molecule has 1 aliphatic rings. The van der Waals surface area contributed by atoms with Gasteiger partial charge in [-0.05, 0) is 31.2 Å². The van der Waals surface area contributed by atoms with Crippen molar-refractivity contribution in [3.05, 3.63) is 63.6 Å². The Balaban J connectivity index is 1.73. The zero-order valence-corrected chi connectivity index (χ0v) is 28.7. The number of amides is 2. The minimum atomic E-state index is -1.27. The second-order valence-corrected chi connectivity index (χ2v) is 13.1. The monoisotopic (exact) mass is 687 g/mol. The van der Waals surface area contributed by atoms with E-state index in [0.29, 0.717) is 38.2 Å². The molecule has 3 aromatic rings. The number of ether oxygens (including phenoxy) is 5. The molecule has 1 aliphatic heterocycles. The Morgan fingerprint density at radius 1 is 1.11 bits per heavy atom. The molecule has 0 radical (unpaired) electrons. The van der Waals surface area contributed by atoms with Crippen molar-refractivity contribution in [1.82, 2.24) is 4.98 Å². The lowest BCUT2D eigenvalue weighted by atomic mass is 9.92. The lowest BCUT2D eigenvalue weighted by Crippen LogP contribution is -2.46. The molecule has 14 heteroatoms. The van der Waals surface area contributed by atoms with Gasteiger partial charge in [-0.1, -0.05) is 37.6 Å². The first-order valence-electron chi connectivity index (χ1n) is 14.9. The van der Waals surface area contributed by atoms with Gasteiger partial charge in [-0.2, -0.15) is 0 Å². The van der Waals surface area contributed by atoms with Crippen molar-refractivity contribution in [2.24, 2.45) is 5.41 Å². The first kappa shape index (κ1) is 35.7. The van der Waals surface area contributed by atoms with E-state index in [1.165, 1.54) is 27.3 Å². The highest BCUT2D eigenvalue weighted by Crippen LogP contribution is 2.45. The number of methoxy groups -OCH3 is 2. The van der Waals surface area contributed by atoms with Crippen LogP contribution in [0.3, 0.4) is 0 Å². The summed E-state index contributed by atoms with van der Waals surface area (Å²) in [6.07, 6.45) is -1.03. The first-order valence-corrected chi connectivity index (χ1v) is 16.1. The summed E-state index contributed by atoms with van der Waals surface area (Å²) in [6.45, 7) is 7.20. The van der Waals surface area contributed by atoms with Crippen molar-refractivity contribution in [3.8, 4) is 11.5 Å². The molecular formula is C33H38ClN3O9S. The number of nitrogens with zero attached hydrogens (tertiary/aromatic N) is 2. The van der Waals surface area contributed by atoms with E-state index in [-0.39, 0.29) is 37.7 Å². The molecule has 0 spiro atoms. The summed E-state index contributed by atoms with van der Waals surface area (Å²) < 4.78 is 28.1. The quantitative estimate of drug-likeness (QED) is 0.233. The highest BCUT2D eigenvalue weighted by Gasteiger charge is 2.41. The standard InChI is InChI=1S/C33H38ClN3O9S/c1-7-44-28(40)14-21-16-35-32(47-21)36-27(39)15-26-31(41)37(17-33(3,4)18-45-19(2)38)24-12-11-20(34)13-23(24)29(46-26)22-9-8-10-25(42-5)30(22)43-6/h8-13,16,26,29H,7,14-15,17-18H2,1-6H3,(H,35,36,39)/t26-,29-/m1/s1. The van der Waals surface area contributed by atoms with Gasteiger partial charge in [-0.25, -0.2) is 4.98 Å². The Hall–Kier alpha value is -4.20. The number of hydrogen-bond acceptors (Lipinski definition) is 11. The fraction of sp³-hybridized carbons (Fsp3) is 0.424. The zero-order chi connectivity index (χ0) is 34.3. The van der Waals surface area contributed by atoms with Crippen molar-refractivity contribution in [3.63, 3.8) is 0 Å². The van der Waals surface area contributed by atoms with Gasteiger partial charge in [0.15, 0.2) is 16.6 Å². The van der Waals surface area contributed by atoms with Crippen LogP contribution in [-0.2, 0) is 39.8 Å². The number of hydrogen-bond donors (Lipinski definition) is 1. The molecule has 47 heavy (non-hydrogen) atoms. The molecule has 12 nitrogen and oxygen atoms in total. The van der Waals surface area contributed by atoms with Gasteiger partial charge < -0.3 is 33.9 Å². The Morgan fingerprint density at radius 3 is 2.55 bits per heavy atom. The average molecular weight is 688 g/mol. The summed E-state index contributed by atoms with van der Waals surface area (Å²) >= 11 is 7.64. The number of aromatic nitrogens is 1. The molecule has 1 N–H and O–H groups in total. The lowest BCUT2D eigenvalue weighted by Gasteiger charge is -2.33. The van der Waals surface area contributed by atoms with Crippen LogP contribution in [-0.4, -0.2) is 68.8 Å². The molecule has 0 saturated heterocycles. The largest absolute Gasteiger partial charge is 0.493 e. The van der Waals surface area contributed by atoms with Gasteiger partial charge in [-0.15, -0.1) is 11.3 Å². The van der Waals surface area contributed by atoms with Gasteiger partial charge in [0.2, 0.25) is 5.91 Å². The number of para-hydroxylation sites is 1. The molecule has 0 saturated carbocycles. The SMILES string of the molecule is CCOC(=O)Cc1cnc(NC(=O)C[C@H]2O[C@H](c3cccc(OC)c3OC)c3cc(Cl)ccc3N(CC(C)(C)COC(C)=O)C2=O)s1. The van der Waals surface area contributed by atoms with E-state index in [2.05, 4.69) is 10.3 Å². The van der Waals surface area contributed by atoms with Crippen LogP contribution in [0.1, 0.15) is 56.2 Å². The van der Waals surface area contributed by atoms with Gasteiger partial charge in [0.1, 0.15) is 12.2 Å². The minimum absolute atomic E-state index is 0.0224. The summed E-state index contributed by atoms with van der Waals surface area (Å²) in [5.74, 6) is -1.01. The second-order valence-electron chi connectivity index (χ2n) is 11.5. The Kier molecular flexibility index (Phi) is 11.8. The summed E-state index contributed by atoms with van der Waals surface area (Å²) in [7, 11) is 3.02. The van der Waals surface area contributed by atoms with Crippen LogP contribution >= 0.6 is 22.9 Å². The smallest absolute Gasteiger partial charge is 0.311 e. The maximum absolute atomic E-state index is 14.4. The van der Waals surface area contributed by atoms with E-state index in [9.17, 15) is 19.2 Å². The van der Waals surface area contributed by atoms with E-state index >= 15 is 0 Å². The van der Waals surface area contributed by atoms with Crippen molar-refractivity contribution < 1.29 is 42.9 Å². The van der Waals surface area contributed by atoms with Gasteiger partial charge in [-0.3, -0.25) is 19.2 Å². The van der Waals surface area contributed by atoms with Gasteiger partial charge in [0, 0.05) is 51.8 Å². The molecule has 252 valence electrons. The van der Waals surface area contributed by atoms with Crippen molar-refractivity contribution in [2.75, 3.05) is 44.2 Å². The van der Waals surface area contributed by atoms with Crippen LogP contribution in [0.2, 0.25) is 5.02 Å². The topological polar surface area (TPSA) is 143 Å². The van der Waals surface area contributed by atoms with Crippen LogP contribution in [0.4, 0.5) is 10.8 Å². The summed E-state index contributed by atoms with van der Waals surface area (Å²) in [5, 5.41) is 3.39. The number of rotatable bonds is 13. The molecule has 0 fully saturated rings. The third kappa shape index (κ3) is 8.99. The Labute approximate surface area is 282 Å². The third-order valence-electron chi connectivity index (χ3n) is 7.17. The number of nitrogens with one attached hydrogen (secondary N) is 1. The fourth-order valence-electron chi connectivity index (χ4n) is 5.14. The molecular weight excluding hydrogens is 650 g/mol. The molecule has 0 unspecified atom stereocenters. The molecule has 2 heterocycles. The number of carbonyl (C=O) groups excluding carboxylic acids is 4. The fourth-order valence-corrected chi connectivity index (χ4v) is 6.13. The van der Waals surface area contributed by atoms with Crippen molar-refractivity contribution >= 4 is 57.5 Å². The number of benzene rings is 2. The highest BCUT2D eigenvalue weighted by atomic mass is 35.5. The number of carbonyl (C=O) groups is 4. The maximum Gasteiger partial charge on any atom is 0.311 e. The normalized spacial score (nSPS) is 16.1. The number of halogens is 1. The zero-order valence-electron chi connectivity index (χ0n) is 27.1. The van der Waals surface area contributed by atoms with E-state index in [4.69, 9.17) is 35.3 Å². The van der Waals surface area contributed by atoms with E-state index in [1.54, 1.807) is 48.2 Å². The molecule has 2 aromatic carbocycles. The van der Waals surface area contributed by atoms with Gasteiger partial charge in [0.25, 0.3) is 5.91 Å². The number of thiazole rings is 1. The average Bonchev–Trinajstić information content (AvgIpc) is 3.42. The van der Waals surface area contributed by atoms with Crippen LogP contribution in [0, 0.1) is 5.41 Å². The van der Waals surface area contributed by atoms with E-state index in [1.807, 2.05) is 13.8 Å². The van der Waals surface area contributed by atoms with Crippen molar-refractivity contribution in [1.29, 1.82) is 0 Å². The van der Waals surface area contributed by atoms with Gasteiger partial charge >= 0.3 is 11.9 Å². The first-order chi connectivity index (χ1) is 22.3. The molecule has 2 atom stereocenters. The van der Waals surface area contributed by atoms with E-state index < -0.39 is 41.4 Å². The third-order valence-corrected chi connectivity index (χ3v) is 8.32. The molecule has 2 amide bonds. The summed E-state index contributed by atoms with van der Waals surface area (Å²) in [5.41, 5.74) is 0.941. The second kappa shape index (κ2) is 15.6. The highest BCUT2D eigenvalue weighted by molar-refractivity contribution is 7.15. The van der Waals surface area contributed by atoms with Crippen LogP contribution in [0.25, 0.3) is 0 Å².